The number of rotatable bonds is 8. The summed E-state index contributed by atoms with van der Waals surface area (Å²) in [6, 6.07) is 6.93. The van der Waals surface area contributed by atoms with Crippen molar-refractivity contribution in [1.29, 1.82) is 0 Å². The average molecular weight is 390 g/mol. The molecule has 0 saturated heterocycles. The lowest BCUT2D eigenvalue weighted by atomic mass is 10.1. The van der Waals surface area contributed by atoms with Gasteiger partial charge in [-0.05, 0) is 31.5 Å². The second-order valence-corrected chi connectivity index (χ2v) is 6.83. The van der Waals surface area contributed by atoms with Gasteiger partial charge in [-0.3, -0.25) is 14.4 Å². The number of aryl methyl sites for hydroxylation is 2. The number of aromatic nitrogens is 1. The van der Waals surface area contributed by atoms with Crippen molar-refractivity contribution in [2.75, 3.05) is 27.5 Å². The van der Waals surface area contributed by atoms with Crippen LogP contribution in [0.1, 0.15) is 24.7 Å². The molecule has 1 heterocycles. The summed E-state index contributed by atoms with van der Waals surface area (Å²) in [4.78, 5) is 35.4. The van der Waals surface area contributed by atoms with Crippen LogP contribution < -0.4 is 16.0 Å². The molecule has 2 aromatic rings. The Morgan fingerprint density at radius 3 is 2.33 bits per heavy atom. The molecule has 1 aromatic heterocycles. The number of benzene rings is 1. The van der Waals surface area contributed by atoms with Gasteiger partial charge >= 0.3 is 0 Å². The smallest absolute Gasteiger partial charge is 0.235 e. The van der Waals surface area contributed by atoms with Gasteiger partial charge in [-0.15, -0.1) is 11.8 Å². The van der Waals surface area contributed by atoms with E-state index in [0.717, 1.165) is 5.56 Å². The molecule has 8 nitrogen and oxygen atoms in total. The minimum absolute atomic E-state index is 0.0972. The van der Waals surface area contributed by atoms with Gasteiger partial charge < -0.3 is 20.5 Å². The Kier molecular flexibility index (Phi) is 7.42. The van der Waals surface area contributed by atoms with Gasteiger partial charge in [0, 0.05) is 23.9 Å². The van der Waals surface area contributed by atoms with Crippen LogP contribution in [0, 0.1) is 13.8 Å². The number of nitrogens with zero attached hydrogens (tertiary/aromatic N) is 1. The van der Waals surface area contributed by atoms with Crippen molar-refractivity contribution in [1.82, 2.24) is 5.16 Å². The standard InChI is InChI=1S/C18H22N4O4S/c1-4-16(23)19-13-6-5-11(2)14(8-13)20-17(24)9-27-10-18(25)21-15-7-12(3)26-22-15/h5-8H,4,9-10H2,1-3H3,(H,19,23)(H,20,24)(H,21,22,25). The fourth-order valence-corrected chi connectivity index (χ4v) is 2.73. The normalized spacial score (nSPS) is 10.3. The molecule has 144 valence electrons. The Morgan fingerprint density at radius 2 is 1.70 bits per heavy atom. The molecule has 0 unspecified atom stereocenters. The molecular weight excluding hydrogens is 368 g/mol. The van der Waals surface area contributed by atoms with Crippen LogP contribution in [-0.2, 0) is 14.4 Å². The predicted octanol–water partition coefficient (Wildman–Crippen LogP) is 2.95. The van der Waals surface area contributed by atoms with Crippen molar-refractivity contribution in [3.05, 3.63) is 35.6 Å². The highest BCUT2D eigenvalue weighted by molar-refractivity contribution is 8.00. The molecule has 0 aliphatic carbocycles. The Morgan fingerprint density at radius 1 is 1.00 bits per heavy atom. The quantitative estimate of drug-likeness (QED) is 0.639. The van der Waals surface area contributed by atoms with Gasteiger partial charge in [0.15, 0.2) is 5.82 Å². The van der Waals surface area contributed by atoms with Crippen molar-refractivity contribution < 1.29 is 18.9 Å². The monoisotopic (exact) mass is 390 g/mol. The highest BCUT2D eigenvalue weighted by atomic mass is 32.2. The fraction of sp³-hybridized carbons (Fsp3) is 0.333. The molecule has 2 rings (SSSR count). The molecule has 1 aromatic carbocycles. The Labute approximate surface area is 161 Å². The Hall–Kier alpha value is -2.81. The molecule has 0 atom stereocenters. The zero-order chi connectivity index (χ0) is 19.8. The van der Waals surface area contributed by atoms with Crippen LogP contribution in [0.5, 0.6) is 0 Å². The van der Waals surface area contributed by atoms with Crippen LogP contribution in [0.25, 0.3) is 0 Å². The van der Waals surface area contributed by atoms with Crippen molar-refractivity contribution in [3.8, 4) is 0 Å². The van der Waals surface area contributed by atoms with Crippen LogP contribution in [0.2, 0.25) is 0 Å². The zero-order valence-electron chi connectivity index (χ0n) is 15.4. The van der Waals surface area contributed by atoms with E-state index in [-0.39, 0.29) is 29.2 Å². The van der Waals surface area contributed by atoms with E-state index in [0.29, 0.717) is 29.4 Å². The van der Waals surface area contributed by atoms with E-state index in [1.165, 1.54) is 11.8 Å². The molecule has 0 spiro atoms. The van der Waals surface area contributed by atoms with Crippen LogP contribution >= 0.6 is 11.8 Å². The van der Waals surface area contributed by atoms with E-state index in [1.54, 1.807) is 32.0 Å². The van der Waals surface area contributed by atoms with Crippen molar-refractivity contribution in [2.45, 2.75) is 27.2 Å². The van der Waals surface area contributed by atoms with Crippen molar-refractivity contribution >= 4 is 46.7 Å². The van der Waals surface area contributed by atoms with Crippen molar-refractivity contribution in [3.63, 3.8) is 0 Å². The zero-order valence-corrected chi connectivity index (χ0v) is 16.2. The first-order chi connectivity index (χ1) is 12.9. The first-order valence-corrected chi connectivity index (χ1v) is 9.54. The molecule has 0 bridgehead atoms. The van der Waals surface area contributed by atoms with E-state index >= 15 is 0 Å². The van der Waals surface area contributed by atoms with E-state index in [4.69, 9.17) is 4.52 Å². The van der Waals surface area contributed by atoms with Crippen molar-refractivity contribution in [2.24, 2.45) is 0 Å². The van der Waals surface area contributed by atoms with Gasteiger partial charge in [-0.1, -0.05) is 18.1 Å². The molecular formula is C18H22N4O4S. The SMILES string of the molecule is CCC(=O)Nc1ccc(C)c(NC(=O)CSCC(=O)Nc2cc(C)on2)c1. The summed E-state index contributed by atoms with van der Waals surface area (Å²) < 4.78 is 4.86. The first-order valence-electron chi connectivity index (χ1n) is 8.38. The minimum Gasteiger partial charge on any atom is -0.360 e. The third-order valence-corrected chi connectivity index (χ3v) is 4.41. The molecule has 0 radical (unpaired) electrons. The van der Waals surface area contributed by atoms with E-state index < -0.39 is 0 Å². The Balaban J connectivity index is 1.80. The van der Waals surface area contributed by atoms with Crippen LogP contribution in [0.15, 0.2) is 28.8 Å². The highest BCUT2D eigenvalue weighted by Crippen LogP contribution is 2.21. The lowest BCUT2D eigenvalue weighted by Gasteiger charge is -2.11. The summed E-state index contributed by atoms with van der Waals surface area (Å²) in [6.07, 6.45) is 0.377. The number of nitrogens with one attached hydrogen (secondary N) is 3. The summed E-state index contributed by atoms with van der Waals surface area (Å²) in [7, 11) is 0. The van der Waals surface area contributed by atoms with Crippen LogP contribution in [0.4, 0.5) is 17.2 Å². The van der Waals surface area contributed by atoms with Gasteiger partial charge in [0.2, 0.25) is 17.7 Å². The van der Waals surface area contributed by atoms with Gasteiger partial charge in [-0.25, -0.2) is 0 Å². The van der Waals surface area contributed by atoms with Crippen LogP contribution in [0.3, 0.4) is 0 Å². The predicted molar refractivity (Wildman–Crippen MR) is 106 cm³/mol. The maximum atomic E-state index is 12.1. The summed E-state index contributed by atoms with van der Waals surface area (Å²) in [5.74, 6) is 0.601. The third-order valence-electron chi connectivity index (χ3n) is 3.48. The highest BCUT2D eigenvalue weighted by Gasteiger charge is 2.10. The molecule has 0 saturated carbocycles. The molecule has 9 heteroatoms. The lowest BCUT2D eigenvalue weighted by Crippen LogP contribution is -2.19. The van der Waals surface area contributed by atoms with E-state index in [1.807, 2.05) is 13.0 Å². The number of hydrogen-bond acceptors (Lipinski definition) is 6. The molecule has 3 amide bonds. The maximum absolute atomic E-state index is 12.1. The first kappa shape index (κ1) is 20.5. The van der Waals surface area contributed by atoms with Crippen LogP contribution in [-0.4, -0.2) is 34.4 Å². The lowest BCUT2D eigenvalue weighted by molar-refractivity contribution is -0.116. The minimum atomic E-state index is -0.262. The third kappa shape index (κ3) is 6.78. The molecule has 0 fully saturated rings. The van der Waals surface area contributed by atoms with E-state index in [2.05, 4.69) is 21.1 Å². The number of thioether (sulfide) groups is 1. The van der Waals surface area contributed by atoms with Gasteiger partial charge in [0.05, 0.1) is 11.5 Å². The largest absolute Gasteiger partial charge is 0.360 e. The summed E-state index contributed by atoms with van der Waals surface area (Å²) in [5.41, 5.74) is 2.12. The fourth-order valence-electron chi connectivity index (χ4n) is 2.11. The summed E-state index contributed by atoms with van der Waals surface area (Å²) in [6.45, 7) is 5.36. The number of hydrogen-bond donors (Lipinski definition) is 3. The number of carbonyl (C=O) groups excluding carboxylic acids is 3. The molecule has 3 N–H and O–H groups in total. The summed E-state index contributed by atoms with van der Waals surface area (Å²) >= 11 is 1.19. The summed E-state index contributed by atoms with van der Waals surface area (Å²) in [5, 5.41) is 11.8. The number of anilines is 3. The van der Waals surface area contributed by atoms with E-state index in [9.17, 15) is 14.4 Å². The molecule has 27 heavy (non-hydrogen) atoms. The van der Waals surface area contributed by atoms with Gasteiger partial charge in [0.1, 0.15) is 5.76 Å². The topological polar surface area (TPSA) is 113 Å². The molecule has 0 aliphatic rings. The number of carbonyl (C=O) groups is 3. The van der Waals surface area contributed by atoms with Gasteiger partial charge in [-0.2, -0.15) is 0 Å². The average Bonchev–Trinajstić information content (AvgIpc) is 3.02. The second kappa shape index (κ2) is 9.77. The molecule has 0 aliphatic heterocycles. The van der Waals surface area contributed by atoms with Gasteiger partial charge in [0.25, 0.3) is 0 Å². The number of amides is 3. The second-order valence-electron chi connectivity index (χ2n) is 5.84. The Bertz CT molecular complexity index is 835. The maximum Gasteiger partial charge on any atom is 0.235 e.